The Balaban J connectivity index is 1.47. The second-order valence-electron chi connectivity index (χ2n) is 5.70. The van der Waals surface area contributed by atoms with Crippen molar-refractivity contribution in [3.8, 4) is 0 Å². The van der Waals surface area contributed by atoms with E-state index in [1.54, 1.807) is 4.57 Å². The first-order chi connectivity index (χ1) is 11.3. The normalized spacial score (nSPS) is 16.1. The first-order valence-corrected chi connectivity index (χ1v) is 7.78. The van der Waals surface area contributed by atoms with Crippen LogP contribution in [0.1, 0.15) is 0 Å². The number of oxazole rings is 1. The van der Waals surface area contributed by atoms with Gasteiger partial charge in [0.15, 0.2) is 5.58 Å². The van der Waals surface area contributed by atoms with Crippen LogP contribution < -0.4 is 10.7 Å². The molecule has 3 aromatic rings. The van der Waals surface area contributed by atoms with E-state index in [0.29, 0.717) is 12.3 Å². The molecule has 0 radical (unpaired) electrons. The number of rotatable bonds is 3. The first-order valence-electron chi connectivity index (χ1n) is 7.78. The van der Waals surface area contributed by atoms with Crippen LogP contribution in [0.3, 0.4) is 0 Å². The second kappa shape index (κ2) is 5.89. The molecule has 4 rings (SSSR count). The van der Waals surface area contributed by atoms with Crippen molar-refractivity contribution in [2.75, 3.05) is 31.1 Å². The zero-order chi connectivity index (χ0) is 15.6. The van der Waals surface area contributed by atoms with Crippen LogP contribution in [0.25, 0.3) is 11.1 Å². The van der Waals surface area contributed by atoms with Crippen molar-refractivity contribution in [1.29, 1.82) is 0 Å². The van der Waals surface area contributed by atoms with Crippen molar-refractivity contribution in [3.63, 3.8) is 0 Å². The van der Waals surface area contributed by atoms with E-state index in [1.165, 1.54) is 0 Å². The molecule has 6 nitrogen and oxygen atoms in total. The maximum absolute atomic E-state index is 12.0. The predicted molar refractivity (Wildman–Crippen MR) is 88.5 cm³/mol. The van der Waals surface area contributed by atoms with Crippen molar-refractivity contribution in [2.45, 2.75) is 6.67 Å². The Morgan fingerprint density at radius 1 is 1.00 bits per heavy atom. The van der Waals surface area contributed by atoms with Gasteiger partial charge in [0.2, 0.25) is 0 Å². The molecule has 0 N–H and O–H groups in total. The molecular formula is C17H18N4O2. The molecule has 0 atom stereocenters. The number of pyridine rings is 1. The summed E-state index contributed by atoms with van der Waals surface area (Å²) in [7, 11) is 0. The summed E-state index contributed by atoms with van der Waals surface area (Å²) in [5.41, 5.74) is 1.49. The van der Waals surface area contributed by atoms with Crippen LogP contribution in [0.4, 0.5) is 5.82 Å². The summed E-state index contributed by atoms with van der Waals surface area (Å²) in [6.07, 6.45) is 1.82. The molecule has 118 valence electrons. The average molecular weight is 310 g/mol. The highest BCUT2D eigenvalue weighted by Crippen LogP contribution is 2.15. The molecule has 1 aliphatic rings. The summed E-state index contributed by atoms with van der Waals surface area (Å²) in [6.45, 7) is 4.15. The number of hydrogen-bond donors (Lipinski definition) is 0. The molecule has 1 fully saturated rings. The molecule has 0 spiro atoms. The molecule has 1 aromatic carbocycles. The molecule has 2 aromatic heterocycles. The van der Waals surface area contributed by atoms with E-state index in [9.17, 15) is 4.79 Å². The summed E-state index contributed by atoms with van der Waals surface area (Å²) in [5.74, 6) is 0.719. The van der Waals surface area contributed by atoms with Gasteiger partial charge in [0.25, 0.3) is 0 Å². The third-order valence-corrected chi connectivity index (χ3v) is 4.26. The number of fused-ring (bicyclic) bond motifs is 1. The van der Waals surface area contributed by atoms with Gasteiger partial charge in [-0.2, -0.15) is 0 Å². The van der Waals surface area contributed by atoms with Crippen LogP contribution in [-0.2, 0) is 6.67 Å². The molecule has 0 saturated carbocycles. The molecular weight excluding hydrogens is 292 g/mol. The number of aromatic nitrogens is 2. The van der Waals surface area contributed by atoms with E-state index in [2.05, 4.69) is 14.8 Å². The van der Waals surface area contributed by atoms with Gasteiger partial charge in [0, 0.05) is 32.4 Å². The van der Waals surface area contributed by atoms with E-state index < -0.39 is 0 Å². The van der Waals surface area contributed by atoms with Gasteiger partial charge in [-0.25, -0.2) is 9.78 Å². The van der Waals surface area contributed by atoms with Gasteiger partial charge in [-0.05, 0) is 24.3 Å². The highest BCUT2D eigenvalue weighted by molar-refractivity contribution is 5.72. The fourth-order valence-corrected chi connectivity index (χ4v) is 3.01. The van der Waals surface area contributed by atoms with Crippen molar-refractivity contribution in [1.82, 2.24) is 14.5 Å². The lowest BCUT2D eigenvalue weighted by Gasteiger charge is -2.35. The Hall–Kier alpha value is -2.60. The highest BCUT2D eigenvalue weighted by Gasteiger charge is 2.19. The van der Waals surface area contributed by atoms with Crippen LogP contribution in [-0.4, -0.2) is 40.6 Å². The molecule has 0 unspecified atom stereocenters. The van der Waals surface area contributed by atoms with Gasteiger partial charge in [0.1, 0.15) is 5.82 Å². The maximum atomic E-state index is 12.0. The zero-order valence-electron chi connectivity index (χ0n) is 12.8. The van der Waals surface area contributed by atoms with Crippen molar-refractivity contribution in [2.24, 2.45) is 0 Å². The molecule has 0 aliphatic carbocycles. The summed E-state index contributed by atoms with van der Waals surface area (Å²) >= 11 is 0. The highest BCUT2D eigenvalue weighted by atomic mass is 16.4. The minimum Gasteiger partial charge on any atom is -0.408 e. The van der Waals surface area contributed by atoms with Gasteiger partial charge < -0.3 is 9.32 Å². The summed E-state index contributed by atoms with van der Waals surface area (Å²) in [6, 6.07) is 13.5. The van der Waals surface area contributed by atoms with E-state index in [0.717, 1.165) is 37.5 Å². The van der Waals surface area contributed by atoms with Crippen LogP contribution in [0.5, 0.6) is 0 Å². The lowest BCUT2D eigenvalue weighted by molar-refractivity contribution is 0.201. The molecule has 1 aliphatic heterocycles. The Morgan fingerprint density at radius 3 is 2.57 bits per heavy atom. The number of para-hydroxylation sites is 2. The summed E-state index contributed by atoms with van der Waals surface area (Å²) in [5, 5.41) is 0. The Labute approximate surface area is 133 Å². The van der Waals surface area contributed by atoms with E-state index >= 15 is 0 Å². The monoisotopic (exact) mass is 310 g/mol. The quantitative estimate of drug-likeness (QED) is 0.738. The Bertz CT molecular complexity index is 848. The number of piperazine rings is 1. The SMILES string of the molecule is O=c1oc2ccccc2n1CN1CCN(c2ccccn2)CC1. The van der Waals surface area contributed by atoms with Gasteiger partial charge in [-0.1, -0.05) is 18.2 Å². The zero-order valence-corrected chi connectivity index (χ0v) is 12.8. The smallest absolute Gasteiger partial charge is 0.408 e. The number of anilines is 1. The molecule has 1 saturated heterocycles. The van der Waals surface area contributed by atoms with Crippen LogP contribution >= 0.6 is 0 Å². The second-order valence-corrected chi connectivity index (χ2v) is 5.70. The number of hydrogen-bond acceptors (Lipinski definition) is 5. The summed E-state index contributed by atoms with van der Waals surface area (Å²) < 4.78 is 6.99. The van der Waals surface area contributed by atoms with Gasteiger partial charge in [-0.15, -0.1) is 0 Å². The topological polar surface area (TPSA) is 54.5 Å². The standard InChI is InChI=1S/C17H18N4O2/c22-17-21(14-5-1-2-6-15(14)23-17)13-19-9-11-20(12-10-19)16-7-3-4-8-18-16/h1-8H,9-13H2. The number of benzene rings is 1. The maximum Gasteiger partial charge on any atom is 0.421 e. The van der Waals surface area contributed by atoms with E-state index in [1.807, 2.05) is 48.7 Å². The van der Waals surface area contributed by atoms with Crippen LogP contribution in [0, 0.1) is 0 Å². The first kappa shape index (κ1) is 14.0. The fraction of sp³-hybridized carbons (Fsp3) is 0.294. The van der Waals surface area contributed by atoms with Crippen molar-refractivity contribution in [3.05, 3.63) is 59.2 Å². The van der Waals surface area contributed by atoms with Gasteiger partial charge in [0.05, 0.1) is 12.2 Å². The van der Waals surface area contributed by atoms with Gasteiger partial charge >= 0.3 is 5.76 Å². The molecule has 0 bridgehead atoms. The minimum absolute atomic E-state index is 0.293. The van der Waals surface area contributed by atoms with Gasteiger partial charge in [-0.3, -0.25) is 9.47 Å². The number of nitrogens with zero attached hydrogens (tertiary/aromatic N) is 4. The molecule has 3 heterocycles. The van der Waals surface area contributed by atoms with Crippen molar-refractivity contribution < 1.29 is 4.42 Å². The Kier molecular flexibility index (Phi) is 3.59. The van der Waals surface area contributed by atoms with Crippen LogP contribution in [0.15, 0.2) is 57.9 Å². The molecule has 0 amide bonds. The third-order valence-electron chi connectivity index (χ3n) is 4.26. The lowest BCUT2D eigenvalue weighted by Crippen LogP contribution is -2.47. The van der Waals surface area contributed by atoms with Crippen molar-refractivity contribution >= 4 is 16.9 Å². The Morgan fingerprint density at radius 2 is 1.78 bits per heavy atom. The molecule has 23 heavy (non-hydrogen) atoms. The predicted octanol–water partition coefficient (Wildman–Crippen LogP) is 1.77. The van der Waals surface area contributed by atoms with E-state index in [-0.39, 0.29) is 5.76 Å². The lowest BCUT2D eigenvalue weighted by atomic mass is 10.3. The summed E-state index contributed by atoms with van der Waals surface area (Å²) in [4.78, 5) is 21.0. The van der Waals surface area contributed by atoms with E-state index in [4.69, 9.17) is 4.42 Å². The third kappa shape index (κ3) is 2.73. The fourth-order valence-electron chi connectivity index (χ4n) is 3.01. The largest absolute Gasteiger partial charge is 0.421 e. The average Bonchev–Trinajstić information content (AvgIpc) is 2.92. The minimum atomic E-state index is -0.293. The van der Waals surface area contributed by atoms with Crippen LogP contribution in [0.2, 0.25) is 0 Å². The molecule has 6 heteroatoms.